The van der Waals surface area contributed by atoms with Crippen molar-refractivity contribution in [2.45, 2.75) is 44.4 Å². The summed E-state index contributed by atoms with van der Waals surface area (Å²) in [7, 11) is 0. The lowest BCUT2D eigenvalue weighted by Crippen LogP contribution is -2.46. The molecule has 1 unspecified atom stereocenters. The Hall–Kier alpha value is -5.20. The van der Waals surface area contributed by atoms with Gasteiger partial charge in [-0.05, 0) is 66.8 Å². The van der Waals surface area contributed by atoms with Crippen LogP contribution in [0.4, 0.5) is 16.2 Å². The summed E-state index contributed by atoms with van der Waals surface area (Å²) in [6, 6.07) is 30.8. The van der Waals surface area contributed by atoms with E-state index in [-0.39, 0.29) is 35.7 Å². The Morgan fingerprint density at radius 2 is 1.67 bits per heavy atom. The van der Waals surface area contributed by atoms with E-state index in [1.54, 1.807) is 24.3 Å². The molecule has 1 aliphatic rings. The van der Waals surface area contributed by atoms with Gasteiger partial charge in [0, 0.05) is 67.9 Å². The Morgan fingerprint density at radius 3 is 2.42 bits per heavy atom. The van der Waals surface area contributed by atoms with Crippen LogP contribution in [0.25, 0.3) is 22.0 Å². The quantitative estimate of drug-likeness (QED) is 0.0894. The SMILES string of the molecule is CC1(OC(=O)Nc2ccccc2-c2ccccc2)CCN(CCC(=O)N(Cl)c2ccc(CNCC(O)c3ccc(O)c4[nH]c(=O)ccc34)cc2)CC1. The van der Waals surface area contributed by atoms with E-state index < -0.39 is 17.8 Å². The van der Waals surface area contributed by atoms with Gasteiger partial charge in [-0.25, -0.2) is 9.21 Å². The maximum atomic E-state index is 13.0. The summed E-state index contributed by atoms with van der Waals surface area (Å²) in [5.41, 5.74) is 4.00. The molecular formula is C40H42ClN5O6. The molecule has 0 bridgehead atoms. The number of benzene rings is 4. The Morgan fingerprint density at radius 1 is 0.962 bits per heavy atom. The number of aliphatic hydroxyl groups excluding tert-OH is 1. The number of H-pyrrole nitrogens is 1. The van der Waals surface area contributed by atoms with Crippen LogP contribution in [0.3, 0.4) is 0 Å². The Balaban J connectivity index is 0.924. The number of phenolic OH excluding ortho intramolecular Hbond substituents is 1. The molecule has 4 aromatic carbocycles. The molecule has 12 heteroatoms. The topological polar surface area (TPSA) is 147 Å². The van der Waals surface area contributed by atoms with Crippen LogP contribution in [0.1, 0.15) is 43.4 Å². The normalized spacial score (nSPS) is 14.8. The number of aromatic hydroxyl groups is 1. The number of phenols is 1. The van der Waals surface area contributed by atoms with Gasteiger partial charge in [0.05, 0.1) is 23.0 Å². The minimum Gasteiger partial charge on any atom is -0.506 e. The van der Waals surface area contributed by atoms with Gasteiger partial charge in [0.2, 0.25) is 11.5 Å². The number of anilines is 2. The molecule has 2 amide bonds. The maximum absolute atomic E-state index is 13.0. The summed E-state index contributed by atoms with van der Waals surface area (Å²) in [5.74, 6) is -0.285. The molecule has 11 nitrogen and oxygen atoms in total. The largest absolute Gasteiger partial charge is 0.506 e. The molecule has 52 heavy (non-hydrogen) atoms. The lowest BCUT2D eigenvalue weighted by atomic mass is 9.93. The number of piperidine rings is 1. The molecule has 1 aromatic heterocycles. The van der Waals surface area contributed by atoms with Crippen LogP contribution in [0.2, 0.25) is 0 Å². The highest BCUT2D eigenvalue weighted by Gasteiger charge is 2.34. The van der Waals surface area contributed by atoms with Gasteiger partial charge in [0.15, 0.2) is 0 Å². The average molecular weight is 724 g/mol. The second kappa shape index (κ2) is 16.4. The fourth-order valence-electron chi connectivity index (χ4n) is 6.43. The Labute approximate surface area is 306 Å². The molecule has 1 aliphatic heterocycles. The molecule has 1 fully saturated rings. The number of likely N-dealkylation sites (tertiary alicyclic amines) is 1. The summed E-state index contributed by atoms with van der Waals surface area (Å²) >= 11 is 6.44. The third-order valence-corrected chi connectivity index (χ3v) is 9.84. The van der Waals surface area contributed by atoms with Crippen LogP contribution in [0, 0.1) is 0 Å². The number of halogens is 1. The number of para-hydroxylation sites is 1. The predicted molar refractivity (Wildman–Crippen MR) is 203 cm³/mol. The van der Waals surface area contributed by atoms with Crippen LogP contribution < -0.4 is 20.6 Å². The van der Waals surface area contributed by atoms with E-state index >= 15 is 0 Å². The summed E-state index contributed by atoms with van der Waals surface area (Å²) in [5, 5.41) is 27.6. The smallest absolute Gasteiger partial charge is 0.412 e. The molecule has 0 saturated carbocycles. The number of nitrogens with one attached hydrogen (secondary N) is 3. The number of aliphatic hydroxyl groups is 1. The van der Waals surface area contributed by atoms with Crippen LogP contribution in [0.15, 0.2) is 108 Å². The van der Waals surface area contributed by atoms with E-state index in [9.17, 15) is 24.6 Å². The number of ether oxygens (including phenoxy) is 1. The molecule has 0 radical (unpaired) electrons. The zero-order valence-electron chi connectivity index (χ0n) is 28.8. The fraction of sp³-hybridized carbons (Fsp3) is 0.275. The molecule has 5 aromatic rings. The maximum Gasteiger partial charge on any atom is 0.412 e. The zero-order chi connectivity index (χ0) is 36.7. The van der Waals surface area contributed by atoms with Gasteiger partial charge >= 0.3 is 6.09 Å². The number of carbonyl (C=O) groups is 2. The van der Waals surface area contributed by atoms with Gasteiger partial charge < -0.3 is 30.2 Å². The lowest BCUT2D eigenvalue weighted by molar-refractivity contribution is -0.118. The number of fused-ring (bicyclic) bond motifs is 1. The third-order valence-electron chi connectivity index (χ3n) is 9.46. The standard InChI is InChI=1S/C40H42ClN5O6/c1-40(52-39(51)43-33-10-6-5-9-30(33)28-7-3-2-4-8-28)20-23-45(24-21-40)22-19-37(50)46(41)29-13-11-27(12-14-29)25-42-26-35(48)31-15-17-34(47)38-32(31)16-18-36(49)44-38/h2-18,35,42,47-48H,19-26H2,1H3,(H,43,51)(H,44,49). The van der Waals surface area contributed by atoms with Crippen LogP contribution >= 0.6 is 11.8 Å². The van der Waals surface area contributed by atoms with E-state index in [1.807, 2.05) is 73.7 Å². The van der Waals surface area contributed by atoms with Crippen molar-refractivity contribution < 1.29 is 24.5 Å². The first-order chi connectivity index (χ1) is 25.1. The molecule has 1 saturated heterocycles. The number of rotatable bonds is 12. The highest BCUT2D eigenvalue weighted by atomic mass is 35.5. The van der Waals surface area contributed by atoms with Crippen molar-refractivity contribution in [3.63, 3.8) is 0 Å². The van der Waals surface area contributed by atoms with Crippen molar-refractivity contribution in [3.05, 3.63) is 125 Å². The zero-order valence-corrected chi connectivity index (χ0v) is 29.6. The van der Waals surface area contributed by atoms with Crippen molar-refractivity contribution in [3.8, 4) is 16.9 Å². The molecule has 5 N–H and O–H groups in total. The molecular weight excluding hydrogens is 682 g/mol. The van der Waals surface area contributed by atoms with Gasteiger partial charge in [0.1, 0.15) is 11.4 Å². The van der Waals surface area contributed by atoms with Crippen molar-refractivity contribution in [1.29, 1.82) is 0 Å². The van der Waals surface area contributed by atoms with E-state index in [2.05, 4.69) is 20.5 Å². The molecule has 0 spiro atoms. The first-order valence-corrected chi connectivity index (χ1v) is 17.6. The van der Waals surface area contributed by atoms with Gasteiger partial charge in [-0.2, -0.15) is 0 Å². The van der Waals surface area contributed by atoms with Gasteiger partial charge in [0.25, 0.3) is 0 Å². The molecule has 2 heterocycles. The Kier molecular flexibility index (Phi) is 11.6. The van der Waals surface area contributed by atoms with Crippen LogP contribution in [-0.4, -0.2) is 63.9 Å². The predicted octanol–water partition coefficient (Wildman–Crippen LogP) is 6.70. The molecule has 0 aliphatic carbocycles. The number of carbonyl (C=O) groups excluding carboxylic acids is 2. The number of aromatic amines is 1. The minimum atomic E-state index is -0.877. The van der Waals surface area contributed by atoms with E-state index in [0.29, 0.717) is 61.3 Å². The van der Waals surface area contributed by atoms with E-state index in [1.165, 1.54) is 12.1 Å². The van der Waals surface area contributed by atoms with Gasteiger partial charge in [-0.15, -0.1) is 0 Å². The second-order valence-electron chi connectivity index (χ2n) is 13.2. The molecule has 1 atom stereocenters. The first kappa shape index (κ1) is 36.6. The minimum absolute atomic E-state index is 0.0617. The van der Waals surface area contributed by atoms with Crippen molar-refractivity contribution in [2.24, 2.45) is 0 Å². The van der Waals surface area contributed by atoms with E-state index in [4.69, 9.17) is 16.5 Å². The van der Waals surface area contributed by atoms with Crippen LogP contribution in [-0.2, 0) is 16.1 Å². The number of hydrogen-bond acceptors (Lipinski definition) is 8. The Bertz CT molecular complexity index is 2070. The summed E-state index contributed by atoms with van der Waals surface area (Å²) in [4.78, 5) is 42.4. The fourth-order valence-corrected chi connectivity index (χ4v) is 6.62. The highest BCUT2D eigenvalue weighted by Crippen LogP contribution is 2.31. The molecule has 270 valence electrons. The van der Waals surface area contributed by atoms with Crippen molar-refractivity contribution in [2.75, 3.05) is 35.9 Å². The van der Waals surface area contributed by atoms with Crippen LogP contribution in [0.5, 0.6) is 5.75 Å². The van der Waals surface area contributed by atoms with E-state index in [0.717, 1.165) is 21.1 Å². The monoisotopic (exact) mass is 723 g/mol. The summed E-state index contributed by atoms with van der Waals surface area (Å²) in [6.45, 7) is 4.53. The third kappa shape index (κ3) is 8.99. The first-order valence-electron chi connectivity index (χ1n) is 17.3. The average Bonchev–Trinajstić information content (AvgIpc) is 3.15. The summed E-state index contributed by atoms with van der Waals surface area (Å²) < 4.78 is 7.06. The van der Waals surface area contributed by atoms with Gasteiger partial charge in [-0.1, -0.05) is 66.7 Å². The molecule has 6 rings (SSSR count). The number of amides is 2. The number of pyridine rings is 1. The van der Waals surface area contributed by atoms with Crippen molar-refractivity contribution in [1.82, 2.24) is 15.2 Å². The summed E-state index contributed by atoms with van der Waals surface area (Å²) in [6.07, 6.45) is 0.141. The number of aromatic nitrogens is 1. The second-order valence-corrected chi connectivity index (χ2v) is 13.6. The number of nitrogens with zero attached hydrogens (tertiary/aromatic N) is 2. The van der Waals surface area contributed by atoms with Crippen molar-refractivity contribution >= 4 is 46.1 Å². The van der Waals surface area contributed by atoms with Gasteiger partial charge in [-0.3, -0.25) is 14.9 Å². The highest BCUT2D eigenvalue weighted by molar-refractivity contribution is 6.36. The lowest BCUT2D eigenvalue weighted by Gasteiger charge is -2.38. The number of hydrogen-bond donors (Lipinski definition) is 5.